The van der Waals surface area contributed by atoms with Gasteiger partial charge in [-0.3, -0.25) is 19.1 Å². The number of aryl methyl sites for hydroxylation is 1. The molecule has 2 N–H and O–H groups in total. The Morgan fingerprint density at radius 2 is 1.86 bits per heavy atom. The van der Waals surface area contributed by atoms with Gasteiger partial charge in [-0.05, 0) is 6.92 Å². The molecule has 0 radical (unpaired) electrons. The molecule has 0 spiro atoms. The van der Waals surface area contributed by atoms with Crippen LogP contribution in [0.1, 0.15) is 30.0 Å². The van der Waals surface area contributed by atoms with Crippen molar-refractivity contribution in [2.75, 3.05) is 26.0 Å². The predicted molar refractivity (Wildman–Crippen MR) is 82.4 cm³/mol. The van der Waals surface area contributed by atoms with Crippen molar-refractivity contribution >= 4 is 23.4 Å². The highest BCUT2D eigenvalue weighted by atomic mass is 16.2. The molecule has 0 bridgehead atoms. The second kappa shape index (κ2) is 7.06. The number of carbonyl (C=O) groups is 3. The van der Waals surface area contributed by atoms with E-state index in [1.165, 1.54) is 9.58 Å². The van der Waals surface area contributed by atoms with Crippen LogP contribution >= 0.6 is 0 Å². The fraction of sp³-hybridized carbons (Fsp3) is 0.571. The van der Waals surface area contributed by atoms with Gasteiger partial charge < -0.3 is 15.5 Å². The molecule has 0 aromatic carbocycles. The van der Waals surface area contributed by atoms with Gasteiger partial charge in [0.25, 0.3) is 5.91 Å². The van der Waals surface area contributed by atoms with Crippen LogP contribution in [0.3, 0.4) is 0 Å². The van der Waals surface area contributed by atoms with E-state index < -0.39 is 5.91 Å². The smallest absolute Gasteiger partial charge is 0.276 e. The van der Waals surface area contributed by atoms with Crippen LogP contribution in [0.4, 0.5) is 5.69 Å². The second-order valence-corrected chi connectivity index (χ2v) is 5.55. The van der Waals surface area contributed by atoms with Crippen LogP contribution < -0.4 is 10.6 Å². The van der Waals surface area contributed by atoms with E-state index in [2.05, 4.69) is 15.7 Å². The van der Waals surface area contributed by atoms with E-state index in [9.17, 15) is 14.4 Å². The minimum absolute atomic E-state index is 0.152. The van der Waals surface area contributed by atoms with E-state index >= 15 is 0 Å². The molecule has 1 heterocycles. The van der Waals surface area contributed by atoms with Gasteiger partial charge in [0.2, 0.25) is 11.8 Å². The standard InChI is InChI=1S/C14H23N5O3/c1-8(2)13(21)15-7-10(20)16-11-9(3)19(6)17-12(11)14(22)18(4)5/h8H,7H2,1-6H3,(H,15,21)(H,16,20). The summed E-state index contributed by atoms with van der Waals surface area (Å²) >= 11 is 0. The van der Waals surface area contributed by atoms with E-state index in [1.807, 2.05) is 0 Å². The highest BCUT2D eigenvalue weighted by Crippen LogP contribution is 2.20. The van der Waals surface area contributed by atoms with Gasteiger partial charge >= 0.3 is 0 Å². The number of hydrogen-bond donors (Lipinski definition) is 2. The van der Waals surface area contributed by atoms with Gasteiger partial charge in [0.05, 0.1) is 17.9 Å². The number of rotatable bonds is 5. The predicted octanol–water partition coefficient (Wildman–Crippen LogP) is 0.141. The third-order valence-corrected chi connectivity index (χ3v) is 3.15. The monoisotopic (exact) mass is 309 g/mol. The molecule has 1 rings (SSSR count). The van der Waals surface area contributed by atoms with E-state index in [4.69, 9.17) is 0 Å². The molecule has 0 saturated carbocycles. The first-order valence-corrected chi connectivity index (χ1v) is 6.98. The topological polar surface area (TPSA) is 96.3 Å². The Labute approximate surface area is 129 Å². The maximum Gasteiger partial charge on any atom is 0.276 e. The van der Waals surface area contributed by atoms with Crippen LogP contribution in [0.2, 0.25) is 0 Å². The number of amides is 3. The lowest BCUT2D eigenvalue weighted by atomic mass is 10.2. The maximum atomic E-state index is 12.1. The van der Waals surface area contributed by atoms with E-state index in [-0.39, 0.29) is 30.0 Å². The summed E-state index contributed by atoms with van der Waals surface area (Å²) in [5.41, 5.74) is 1.20. The third kappa shape index (κ3) is 4.06. The largest absolute Gasteiger partial charge is 0.347 e. The molecule has 0 unspecified atom stereocenters. The molecule has 0 saturated heterocycles. The zero-order valence-corrected chi connectivity index (χ0v) is 13.9. The fourth-order valence-electron chi connectivity index (χ4n) is 1.67. The summed E-state index contributed by atoms with van der Waals surface area (Å²) in [6, 6.07) is 0. The number of hydrogen-bond acceptors (Lipinski definition) is 4. The fourth-order valence-corrected chi connectivity index (χ4v) is 1.67. The summed E-state index contributed by atoms with van der Waals surface area (Å²) < 4.78 is 1.53. The maximum absolute atomic E-state index is 12.1. The molecule has 8 nitrogen and oxygen atoms in total. The lowest BCUT2D eigenvalue weighted by Crippen LogP contribution is -2.35. The van der Waals surface area contributed by atoms with Crippen molar-refractivity contribution in [1.82, 2.24) is 20.0 Å². The van der Waals surface area contributed by atoms with Gasteiger partial charge in [-0.25, -0.2) is 0 Å². The van der Waals surface area contributed by atoms with Crippen molar-refractivity contribution in [3.63, 3.8) is 0 Å². The number of anilines is 1. The molecule has 0 atom stereocenters. The van der Waals surface area contributed by atoms with Crippen LogP contribution in [0, 0.1) is 12.8 Å². The molecular formula is C14H23N5O3. The molecule has 3 amide bonds. The van der Waals surface area contributed by atoms with Crippen molar-refractivity contribution in [3.8, 4) is 0 Å². The van der Waals surface area contributed by atoms with Gasteiger partial charge in [0.15, 0.2) is 5.69 Å². The van der Waals surface area contributed by atoms with Gasteiger partial charge in [-0.2, -0.15) is 5.10 Å². The average Bonchev–Trinajstić information content (AvgIpc) is 2.71. The second-order valence-electron chi connectivity index (χ2n) is 5.55. The highest BCUT2D eigenvalue weighted by Gasteiger charge is 2.22. The van der Waals surface area contributed by atoms with Crippen LogP contribution in [0.15, 0.2) is 0 Å². The van der Waals surface area contributed by atoms with Crippen molar-refractivity contribution in [2.45, 2.75) is 20.8 Å². The number of carbonyl (C=O) groups excluding carboxylic acids is 3. The van der Waals surface area contributed by atoms with Crippen molar-refractivity contribution in [2.24, 2.45) is 13.0 Å². The molecule has 122 valence electrons. The molecular weight excluding hydrogens is 286 g/mol. The zero-order valence-electron chi connectivity index (χ0n) is 13.9. The zero-order chi connectivity index (χ0) is 17.0. The Kier molecular flexibility index (Phi) is 5.67. The van der Waals surface area contributed by atoms with Crippen LogP contribution in [-0.4, -0.2) is 53.0 Å². The average molecular weight is 309 g/mol. The summed E-state index contributed by atoms with van der Waals surface area (Å²) in [5, 5.41) is 9.30. The minimum Gasteiger partial charge on any atom is -0.347 e. The number of nitrogens with zero attached hydrogens (tertiary/aromatic N) is 3. The number of nitrogens with one attached hydrogen (secondary N) is 2. The van der Waals surface area contributed by atoms with Crippen LogP contribution in [-0.2, 0) is 16.6 Å². The third-order valence-electron chi connectivity index (χ3n) is 3.15. The summed E-state index contributed by atoms with van der Waals surface area (Å²) in [5.74, 6) is -1.11. The summed E-state index contributed by atoms with van der Waals surface area (Å²) in [4.78, 5) is 36.9. The highest BCUT2D eigenvalue weighted by molar-refractivity contribution is 6.03. The Hall–Kier alpha value is -2.38. The minimum atomic E-state index is -0.405. The van der Waals surface area contributed by atoms with Gasteiger partial charge in [-0.15, -0.1) is 0 Å². The molecule has 8 heteroatoms. The Balaban J connectivity index is 2.87. The molecule has 22 heavy (non-hydrogen) atoms. The first-order chi connectivity index (χ1) is 10.1. The van der Waals surface area contributed by atoms with Crippen molar-refractivity contribution < 1.29 is 14.4 Å². The SMILES string of the molecule is Cc1c(NC(=O)CNC(=O)C(C)C)c(C(=O)N(C)C)nn1C. The first-order valence-electron chi connectivity index (χ1n) is 6.98. The summed E-state index contributed by atoms with van der Waals surface area (Å²) in [6.45, 7) is 5.08. The van der Waals surface area contributed by atoms with Gasteiger partial charge in [0, 0.05) is 27.1 Å². The van der Waals surface area contributed by atoms with Crippen molar-refractivity contribution in [3.05, 3.63) is 11.4 Å². The Morgan fingerprint density at radius 1 is 1.27 bits per heavy atom. The summed E-state index contributed by atoms with van der Waals surface area (Å²) in [6.07, 6.45) is 0. The molecule has 0 aliphatic heterocycles. The lowest BCUT2D eigenvalue weighted by Gasteiger charge is -2.11. The van der Waals surface area contributed by atoms with Crippen molar-refractivity contribution in [1.29, 1.82) is 0 Å². The summed E-state index contributed by atoms with van der Waals surface area (Å²) in [7, 11) is 4.92. The van der Waals surface area contributed by atoms with E-state index in [0.717, 1.165) is 0 Å². The molecule has 1 aromatic heterocycles. The van der Waals surface area contributed by atoms with Crippen LogP contribution in [0.25, 0.3) is 0 Å². The first kappa shape index (κ1) is 17.7. The molecule has 0 fully saturated rings. The quantitative estimate of drug-likeness (QED) is 0.808. The van der Waals surface area contributed by atoms with Gasteiger partial charge in [-0.1, -0.05) is 13.8 Å². The molecule has 0 aliphatic rings. The van der Waals surface area contributed by atoms with E-state index in [0.29, 0.717) is 11.4 Å². The molecule has 0 aliphatic carbocycles. The number of aromatic nitrogens is 2. The van der Waals surface area contributed by atoms with Crippen LogP contribution in [0.5, 0.6) is 0 Å². The Bertz CT molecular complexity index is 590. The van der Waals surface area contributed by atoms with Gasteiger partial charge in [0.1, 0.15) is 0 Å². The normalized spacial score (nSPS) is 10.5. The lowest BCUT2D eigenvalue weighted by molar-refractivity contribution is -0.126. The molecule has 1 aromatic rings. The van der Waals surface area contributed by atoms with E-state index in [1.54, 1.807) is 41.9 Å². The Morgan fingerprint density at radius 3 is 2.36 bits per heavy atom.